The predicted molar refractivity (Wildman–Crippen MR) is 428 cm³/mol. The van der Waals surface area contributed by atoms with Crippen LogP contribution in [-0.4, -0.2) is 5.79 Å². The largest absolute Gasteiger partial charge is 0.449 e. The number of nitrogens with zero attached hydrogens (tertiary/aromatic N) is 3. The molecule has 0 saturated carbocycles. The van der Waals surface area contributed by atoms with Gasteiger partial charge in [0.1, 0.15) is 0 Å². The van der Waals surface area contributed by atoms with E-state index in [0.29, 0.717) is 12.2 Å². The number of halogens is 6. The molecule has 0 radical (unpaired) electrons. The Kier molecular flexibility index (Phi) is 19.5. The molecule has 0 aromatic heterocycles. The van der Waals surface area contributed by atoms with Crippen LogP contribution in [0.25, 0.3) is 33.4 Å². The van der Waals surface area contributed by atoms with E-state index in [1.54, 1.807) is 0 Å². The zero-order valence-corrected chi connectivity index (χ0v) is 64.6. The summed E-state index contributed by atoms with van der Waals surface area (Å²) in [6.07, 6.45) is 4.10. The Morgan fingerprint density at radius 3 is 0.918 bits per heavy atom. The van der Waals surface area contributed by atoms with Crippen LogP contribution in [0.1, 0.15) is 95.3 Å². The number of ether oxygens (including phenoxy) is 3. The molecule has 0 spiro atoms. The number of hydrogen-bond acceptors (Lipinski definition) is 6. The van der Waals surface area contributed by atoms with Gasteiger partial charge in [0.05, 0.1) is 12.2 Å². The van der Waals surface area contributed by atoms with Crippen molar-refractivity contribution < 1.29 is 14.2 Å². The lowest BCUT2D eigenvalue weighted by atomic mass is 9.82. The average molecular weight is 1670 g/mol. The van der Waals surface area contributed by atoms with Crippen LogP contribution >= 0.6 is 95.6 Å². The maximum absolute atomic E-state index is 6.09. The van der Waals surface area contributed by atoms with Crippen molar-refractivity contribution in [2.45, 2.75) is 89.6 Å². The zero-order valence-electron chi connectivity index (χ0n) is 55.1. The minimum atomic E-state index is -0.624. The van der Waals surface area contributed by atoms with Gasteiger partial charge in [-0.2, -0.15) is 0 Å². The van der Waals surface area contributed by atoms with Gasteiger partial charge in [-0.3, -0.25) is 0 Å². The van der Waals surface area contributed by atoms with Gasteiger partial charge in [0.25, 0.3) is 0 Å². The molecule has 0 N–H and O–H groups in total. The Hall–Kier alpha value is -7.52. The van der Waals surface area contributed by atoms with E-state index in [-0.39, 0.29) is 10.8 Å². The zero-order chi connectivity index (χ0) is 68.0. The molecule has 98 heavy (non-hydrogen) atoms. The molecule has 12 aromatic rings. The molecule has 3 heterocycles. The van der Waals surface area contributed by atoms with E-state index in [9.17, 15) is 0 Å². The minimum absolute atomic E-state index is 0.203. The van der Waals surface area contributed by atoms with Gasteiger partial charge < -0.3 is 28.9 Å². The molecule has 6 nitrogen and oxygen atoms in total. The Morgan fingerprint density at radius 2 is 0.551 bits per heavy atom. The second kappa shape index (κ2) is 28.2. The van der Waals surface area contributed by atoms with Crippen LogP contribution in [0.5, 0.6) is 11.5 Å². The molecule has 12 aromatic carbocycles. The molecular formula is C86H71Br6N3O3. The summed E-state index contributed by atoms with van der Waals surface area (Å²) < 4.78 is 24.2. The topological polar surface area (TPSA) is 37.4 Å². The summed E-state index contributed by atoms with van der Waals surface area (Å²) in [6.45, 7) is 13.3. The van der Waals surface area contributed by atoms with Crippen molar-refractivity contribution in [3.8, 4) is 44.9 Å². The van der Waals surface area contributed by atoms with E-state index in [4.69, 9.17) is 14.2 Å². The van der Waals surface area contributed by atoms with Crippen molar-refractivity contribution in [1.29, 1.82) is 0 Å². The monoisotopic (exact) mass is 1670 g/mol. The van der Waals surface area contributed by atoms with E-state index in [1.807, 2.05) is 26.0 Å². The van der Waals surface area contributed by atoms with Gasteiger partial charge in [-0.1, -0.05) is 196 Å². The first-order valence-corrected chi connectivity index (χ1v) is 37.6. The second-order valence-electron chi connectivity index (χ2n) is 27.0. The lowest BCUT2D eigenvalue weighted by molar-refractivity contribution is -0.0431. The first kappa shape index (κ1) is 67.7. The smallest absolute Gasteiger partial charge is 0.246 e. The molecule has 12 heteroatoms. The van der Waals surface area contributed by atoms with Gasteiger partial charge in [0, 0.05) is 91.9 Å². The van der Waals surface area contributed by atoms with E-state index in [1.165, 1.54) is 50.9 Å². The van der Waals surface area contributed by atoms with Crippen LogP contribution in [0.3, 0.4) is 0 Å². The maximum atomic E-state index is 6.09. The highest BCUT2D eigenvalue weighted by atomic mass is 79.9. The summed E-state index contributed by atoms with van der Waals surface area (Å²) in [5.41, 5.74) is 23.4. The summed E-state index contributed by atoms with van der Waals surface area (Å²) in [4.78, 5) is 6.81. The molecule has 3 aliphatic heterocycles. The minimum Gasteiger partial charge on any atom is -0.449 e. The Morgan fingerprint density at radius 1 is 0.276 bits per heavy atom. The van der Waals surface area contributed by atoms with Crippen LogP contribution in [0.2, 0.25) is 0 Å². The van der Waals surface area contributed by atoms with Gasteiger partial charge in [0.2, 0.25) is 5.79 Å². The molecule has 490 valence electrons. The van der Waals surface area contributed by atoms with Crippen molar-refractivity contribution in [2.75, 3.05) is 14.7 Å². The van der Waals surface area contributed by atoms with Crippen molar-refractivity contribution in [1.82, 2.24) is 0 Å². The van der Waals surface area contributed by atoms with Crippen molar-refractivity contribution in [2.24, 2.45) is 0 Å². The van der Waals surface area contributed by atoms with Crippen molar-refractivity contribution in [3.05, 3.63) is 322 Å². The fourth-order valence-electron chi connectivity index (χ4n) is 14.3. The Labute approximate surface area is 626 Å². The van der Waals surface area contributed by atoms with Gasteiger partial charge in [-0.05, 0) is 286 Å². The number of fused-ring (bicyclic) bond motifs is 7. The van der Waals surface area contributed by atoms with E-state index < -0.39 is 5.79 Å². The second-order valence-corrected chi connectivity index (χ2v) is 32.5. The number of anilines is 9. The van der Waals surface area contributed by atoms with Gasteiger partial charge >= 0.3 is 0 Å². The third-order valence-corrected chi connectivity index (χ3v) is 21.9. The first-order chi connectivity index (χ1) is 47.2. The van der Waals surface area contributed by atoms with E-state index in [2.05, 4.69) is 399 Å². The van der Waals surface area contributed by atoms with Gasteiger partial charge in [0.15, 0.2) is 11.5 Å². The third kappa shape index (κ3) is 14.7. The van der Waals surface area contributed by atoms with Crippen LogP contribution in [0.15, 0.2) is 300 Å². The fraction of sp³-hybridized carbons (Fsp3) is 0.163. The Bertz CT molecular complexity index is 4680. The average Bonchev–Trinajstić information content (AvgIpc) is 1.73. The van der Waals surface area contributed by atoms with E-state index >= 15 is 0 Å². The van der Waals surface area contributed by atoms with Crippen LogP contribution in [0.4, 0.5) is 51.2 Å². The molecular weight excluding hydrogens is 1600 g/mol. The highest BCUT2D eigenvalue weighted by molar-refractivity contribution is 9.11. The summed E-state index contributed by atoms with van der Waals surface area (Å²) in [5, 5.41) is 0. The molecule has 2 unspecified atom stereocenters. The first-order valence-electron chi connectivity index (χ1n) is 32.9. The summed E-state index contributed by atoms with van der Waals surface area (Å²) in [6, 6.07) is 96.8. The maximum Gasteiger partial charge on any atom is 0.246 e. The highest BCUT2D eigenvalue weighted by Crippen LogP contribution is 2.53. The SMILES string of the molecule is Brc1ccc(N(c2ccc(Br)cc2)c2ccc(-c3ccc4c(c3)C3CCC4O3)cc2)cc1.CC1(C)CC(C)(C)c2cc(-c3ccc(N(c4ccc(Br)cc4)c4ccc(Br)cc4)cc3)ccc21.CC1(C)Oc2ccc(-c3ccc(N(c4ccc(Br)cc4)c4ccc(Br)cc4)cc3)cc2O1. The standard InChI is InChI=1S/C31H29Br2N.C28H21Br2NO.C27H21Br2NO2/c1-30(2)20-31(3,4)29-19-22(7-18-28(29)30)21-5-12-25(13-6-21)34(26-14-8-23(32)9-15-26)27-16-10-24(33)11-17-27;29-20-4-10-23(11-5-20)31(24-12-6-21(30)7-13-24)22-8-1-18(2-9-22)19-3-14-25-26(17-19)28-16-15-27(25)32-28;1-27(2)31-25-16-5-19(17-26(25)32-27)18-3-10-22(11-4-18)30(23-12-6-20(28)7-13-23)24-14-8-21(29)9-15-24/h5-19H,20H2,1-4H3;1-14,17,27-28H,15-16H2;3-17H,1-2H3. The summed E-state index contributed by atoms with van der Waals surface area (Å²) in [7, 11) is 0. The molecule has 2 bridgehead atoms. The molecule has 4 aliphatic rings. The third-order valence-electron chi connectivity index (χ3n) is 18.7. The predicted octanol–water partition coefficient (Wildman–Crippen LogP) is 28.4. The molecule has 0 amide bonds. The lowest BCUT2D eigenvalue weighted by Gasteiger charge is -2.26. The number of benzene rings is 12. The Balaban J connectivity index is 0.000000126. The fourth-order valence-corrected chi connectivity index (χ4v) is 15.9. The highest BCUT2D eigenvalue weighted by Gasteiger charge is 2.42. The summed E-state index contributed by atoms with van der Waals surface area (Å²) >= 11 is 21.3. The number of hydrogen-bond donors (Lipinski definition) is 0. The number of rotatable bonds is 12. The van der Waals surface area contributed by atoms with Crippen molar-refractivity contribution >= 4 is 147 Å². The molecule has 1 saturated heterocycles. The normalized spacial score (nSPS) is 16.0. The summed E-state index contributed by atoms with van der Waals surface area (Å²) in [5.74, 6) is 0.940. The molecule has 16 rings (SSSR count). The van der Waals surface area contributed by atoms with E-state index in [0.717, 1.165) is 113 Å². The quantitative estimate of drug-likeness (QED) is 0.121. The van der Waals surface area contributed by atoms with Crippen LogP contribution < -0.4 is 24.2 Å². The lowest BCUT2D eigenvalue weighted by Crippen LogP contribution is -2.29. The molecule has 2 atom stereocenters. The molecule has 1 aliphatic carbocycles. The molecule has 1 fully saturated rings. The van der Waals surface area contributed by atoms with Crippen molar-refractivity contribution in [3.63, 3.8) is 0 Å². The van der Waals surface area contributed by atoms with Gasteiger partial charge in [-0.15, -0.1) is 0 Å². The van der Waals surface area contributed by atoms with Crippen LogP contribution in [-0.2, 0) is 15.6 Å². The van der Waals surface area contributed by atoms with Gasteiger partial charge in [-0.25, -0.2) is 0 Å². The van der Waals surface area contributed by atoms with Crippen LogP contribution in [0, 0.1) is 0 Å².